The van der Waals surface area contributed by atoms with Gasteiger partial charge in [-0.05, 0) is 49.2 Å². The van der Waals surface area contributed by atoms with Crippen LogP contribution in [0.15, 0.2) is 48.8 Å². The molecule has 0 saturated carbocycles. The standard InChI is InChI=1S/C18H21N3/c1-14-16-5-3-4-6-17(16)21(2)18(14)13-20-12-9-15-7-10-19-11-8-15/h3-8,10-11,20H,9,12-13H2,1-2H3. The van der Waals surface area contributed by atoms with Crippen LogP contribution in [0.4, 0.5) is 0 Å². The molecule has 1 N–H and O–H groups in total. The van der Waals surface area contributed by atoms with Crippen molar-refractivity contribution in [1.29, 1.82) is 0 Å². The van der Waals surface area contributed by atoms with Crippen molar-refractivity contribution in [3.05, 3.63) is 65.6 Å². The van der Waals surface area contributed by atoms with Gasteiger partial charge in [-0.25, -0.2) is 0 Å². The van der Waals surface area contributed by atoms with Crippen LogP contribution < -0.4 is 5.32 Å². The minimum atomic E-state index is 0.905. The maximum absolute atomic E-state index is 4.04. The Morgan fingerprint density at radius 2 is 1.86 bits per heavy atom. The quantitative estimate of drug-likeness (QED) is 0.727. The molecule has 2 heterocycles. The third-order valence-electron chi connectivity index (χ3n) is 4.14. The van der Waals surface area contributed by atoms with Crippen molar-refractivity contribution in [2.24, 2.45) is 7.05 Å². The molecule has 0 saturated heterocycles. The van der Waals surface area contributed by atoms with Crippen molar-refractivity contribution in [3.63, 3.8) is 0 Å². The van der Waals surface area contributed by atoms with Gasteiger partial charge in [-0.2, -0.15) is 0 Å². The average Bonchev–Trinajstić information content (AvgIpc) is 2.77. The summed E-state index contributed by atoms with van der Waals surface area (Å²) in [5.41, 5.74) is 5.38. The first-order valence-electron chi connectivity index (χ1n) is 7.40. The third-order valence-corrected chi connectivity index (χ3v) is 4.14. The Hall–Kier alpha value is -2.13. The van der Waals surface area contributed by atoms with Crippen LogP contribution in [-0.4, -0.2) is 16.1 Å². The summed E-state index contributed by atoms with van der Waals surface area (Å²) in [7, 11) is 2.15. The van der Waals surface area contributed by atoms with Gasteiger partial charge in [0.1, 0.15) is 0 Å². The Labute approximate surface area is 125 Å². The van der Waals surface area contributed by atoms with Crippen LogP contribution >= 0.6 is 0 Å². The Bertz CT molecular complexity index is 690. The van der Waals surface area contributed by atoms with Crippen LogP contribution in [0.5, 0.6) is 0 Å². The Morgan fingerprint density at radius 1 is 1.10 bits per heavy atom. The molecule has 108 valence electrons. The second kappa shape index (κ2) is 6.10. The molecule has 0 aliphatic heterocycles. The fraction of sp³-hybridized carbons (Fsp3) is 0.278. The summed E-state index contributed by atoms with van der Waals surface area (Å²) < 4.78 is 2.30. The highest BCUT2D eigenvalue weighted by atomic mass is 15.0. The molecule has 0 aliphatic rings. The van der Waals surface area contributed by atoms with Crippen LogP contribution in [0, 0.1) is 6.92 Å². The fourth-order valence-electron chi connectivity index (χ4n) is 2.88. The Balaban J connectivity index is 1.66. The van der Waals surface area contributed by atoms with Crippen molar-refractivity contribution >= 4 is 10.9 Å². The number of aromatic nitrogens is 2. The van der Waals surface area contributed by atoms with E-state index in [2.05, 4.69) is 65.2 Å². The van der Waals surface area contributed by atoms with Crippen LogP contribution in [-0.2, 0) is 20.0 Å². The van der Waals surface area contributed by atoms with Gasteiger partial charge in [0.15, 0.2) is 0 Å². The van der Waals surface area contributed by atoms with Crippen LogP contribution in [0.25, 0.3) is 10.9 Å². The monoisotopic (exact) mass is 279 g/mol. The van der Waals surface area contributed by atoms with E-state index in [0.717, 1.165) is 19.5 Å². The van der Waals surface area contributed by atoms with Crippen molar-refractivity contribution in [3.8, 4) is 0 Å². The minimum Gasteiger partial charge on any atom is -0.346 e. The van der Waals surface area contributed by atoms with Gasteiger partial charge in [-0.1, -0.05) is 18.2 Å². The molecule has 0 amide bonds. The van der Waals surface area contributed by atoms with Crippen molar-refractivity contribution in [2.75, 3.05) is 6.54 Å². The summed E-state index contributed by atoms with van der Waals surface area (Å²) in [5, 5.41) is 4.90. The molecule has 3 rings (SSSR count). The molecule has 21 heavy (non-hydrogen) atoms. The molecule has 2 aromatic heterocycles. The lowest BCUT2D eigenvalue weighted by atomic mass is 10.1. The molecule has 3 nitrogen and oxygen atoms in total. The Kier molecular flexibility index (Phi) is 4.02. The smallest absolute Gasteiger partial charge is 0.0483 e. The lowest BCUT2D eigenvalue weighted by Crippen LogP contribution is -2.19. The highest BCUT2D eigenvalue weighted by Gasteiger charge is 2.10. The first kappa shape index (κ1) is 13.8. The van der Waals surface area contributed by atoms with Gasteiger partial charge in [0.05, 0.1) is 0 Å². The SMILES string of the molecule is Cc1c(CNCCc2ccncc2)n(C)c2ccccc12. The number of aryl methyl sites for hydroxylation is 2. The molecule has 0 fully saturated rings. The molecule has 0 spiro atoms. The molecule has 1 aromatic carbocycles. The summed E-state index contributed by atoms with van der Waals surface area (Å²) in [4.78, 5) is 4.04. The average molecular weight is 279 g/mol. The van der Waals surface area contributed by atoms with Crippen LogP contribution in [0.1, 0.15) is 16.8 Å². The van der Waals surface area contributed by atoms with Gasteiger partial charge in [-0.3, -0.25) is 4.98 Å². The van der Waals surface area contributed by atoms with E-state index in [9.17, 15) is 0 Å². The van der Waals surface area contributed by atoms with Crippen molar-refractivity contribution in [1.82, 2.24) is 14.9 Å². The molecule has 0 unspecified atom stereocenters. The van der Waals surface area contributed by atoms with E-state index in [1.165, 1.54) is 27.7 Å². The summed E-state index contributed by atoms with van der Waals surface area (Å²) in [5.74, 6) is 0. The molecule has 0 bridgehead atoms. The molecular weight excluding hydrogens is 258 g/mol. The van der Waals surface area contributed by atoms with Crippen molar-refractivity contribution < 1.29 is 0 Å². The van der Waals surface area contributed by atoms with E-state index < -0.39 is 0 Å². The fourth-order valence-corrected chi connectivity index (χ4v) is 2.88. The number of rotatable bonds is 5. The van der Waals surface area contributed by atoms with Gasteiger partial charge in [0.25, 0.3) is 0 Å². The molecule has 0 radical (unpaired) electrons. The van der Waals surface area contributed by atoms with Crippen molar-refractivity contribution in [2.45, 2.75) is 19.9 Å². The lowest BCUT2D eigenvalue weighted by molar-refractivity contribution is 0.654. The zero-order valence-electron chi connectivity index (χ0n) is 12.6. The number of benzene rings is 1. The second-order valence-electron chi connectivity index (χ2n) is 5.43. The predicted octanol–water partition coefficient (Wildman–Crippen LogP) is 3.21. The second-order valence-corrected chi connectivity index (χ2v) is 5.43. The van der Waals surface area contributed by atoms with Gasteiger partial charge in [0, 0.05) is 42.6 Å². The largest absolute Gasteiger partial charge is 0.346 e. The van der Waals surface area contributed by atoms with E-state index in [0.29, 0.717) is 0 Å². The van der Waals surface area contributed by atoms with E-state index in [1.54, 1.807) is 0 Å². The van der Waals surface area contributed by atoms with Crippen LogP contribution in [0.2, 0.25) is 0 Å². The summed E-state index contributed by atoms with van der Waals surface area (Å²) >= 11 is 0. The first-order valence-corrected chi connectivity index (χ1v) is 7.40. The van der Waals surface area contributed by atoms with E-state index in [1.807, 2.05) is 12.4 Å². The van der Waals surface area contributed by atoms with Crippen LogP contribution in [0.3, 0.4) is 0 Å². The van der Waals surface area contributed by atoms with E-state index in [-0.39, 0.29) is 0 Å². The molecule has 3 heteroatoms. The van der Waals surface area contributed by atoms with Gasteiger partial charge in [-0.15, -0.1) is 0 Å². The zero-order chi connectivity index (χ0) is 14.7. The number of fused-ring (bicyclic) bond motifs is 1. The molecule has 0 atom stereocenters. The topological polar surface area (TPSA) is 29.9 Å². The number of pyridine rings is 1. The first-order chi connectivity index (χ1) is 10.3. The maximum atomic E-state index is 4.04. The number of hydrogen-bond acceptors (Lipinski definition) is 2. The van der Waals surface area contributed by atoms with E-state index >= 15 is 0 Å². The van der Waals surface area contributed by atoms with Gasteiger partial charge in [0.2, 0.25) is 0 Å². The highest BCUT2D eigenvalue weighted by molar-refractivity contribution is 5.85. The van der Waals surface area contributed by atoms with Gasteiger partial charge < -0.3 is 9.88 Å². The number of nitrogens with zero attached hydrogens (tertiary/aromatic N) is 2. The summed E-state index contributed by atoms with van der Waals surface area (Å²) in [6, 6.07) is 12.7. The zero-order valence-corrected chi connectivity index (χ0v) is 12.6. The highest BCUT2D eigenvalue weighted by Crippen LogP contribution is 2.24. The maximum Gasteiger partial charge on any atom is 0.0483 e. The predicted molar refractivity (Wildman–Crippen MR) is 87.3 cm³/mol. The summed E-state index contributed by atoms with van der Waals surface area (Å²) in [6.45, 7) is 4.09. The number of para-hydroxylation sites is 1. The third kappa shape index (κ3) is 2.83. The lowest BCUT2D eigenvalue weighted by Gasteiger charge is -2.08. The number of nitrogens with one attached hydrogen (secondary N) is 1. The normalized spacial score (nSPS) is 11.1. The Morgan fingerprint density at radius 3 is 2.62 bits per heavy atom. The number of hydrogen-bond donors (Lipinski definition) is 1. The molecular formula is C18H21N3. The molecule has 0 aliphatic carbocycles. The summed E-state index contributed by atoms with van der Waals surface area (Å²) in [6.07, 6.45) is 4.73. The molecule has 3 aromatic rings. The minimum absolute atomic E-state index is 0.905. The van der Waals surface area contributed by atoms with E-state index in [4.69, 9.17) is 0 Å². The van der Waals surface area contributed by atoms with Gasteiger partial charge >= 0.3 is 0 Å².